The third-order valence-electron chi connectivity index (χ3n) is 2.78. The van der Waals surface area contributed by atoms with Gasteiger partial charge in [-0.3, -0.25) is 9.59 Å². The normalized spacial score (nSPS) is 24.4. The highest BCUT2D eigenvalue weighted by atomic mass is 32.1. The van der Waals surface area contributed by atoms with Gasteiger partial charge < -0.3 is 9.47 Å². The number of thiophene rings is 1. The molecule has 0 radical (unpaired) electrons. The maximum Gasteiger partial charge on any atom is 0.319 e. The Labute approximate surface area is 109 Å². The molecule has 18 heavy (non-hydrogen) atoms. The summed E-state index contributed by atoms with van der Waals surface area (Å²) in [7, 11) is 1.28. The van der Waals surface area contributed by atoms with E-state index in [1.54, 1.807) is 17.4 Å². The van der Waals surface area contributed by atoms with E-state index in [0.717, 1.165) is 4.88 Å². The lowest BCUT2D eigenvalue weighted by atomic mass is 9.92. The summed E-state index contributed by atoms with van der Waals surface area (Å²) in [6.45, 7) is 0.353. The number of carbonyl (C=O) groups is 2. The molecular weight excluding hydrogens is 252 g/mol. The van der Waals surface area contributed by atoms with Crippen molar-refractivity contribution in [3.63, 3.8) is 0 Å². The molecule has 1 aromatic heterocycles. The number of esters is 1. The van der Waals surface area contributed by atoms with Crippen LogP contribution >= 0.6 is 11.3 Å². The van der Waals surface area contributed by atoms with Gasteiger partial charge in [0.1, 0.15) is 5.92 Å². The van der Waals surface area contributed by atoms with E-state index in [9.17, 15) is 9.59 Å². The largest absolute Gasteiger partial charge is 0.468 e. The zero-order chi connectivity index (χ0) is 13.0. The van der Waals surface area contributed by atoms with Crippen LogP contribution in [0.15, 0.2) is 23.6 Å². The van der Waals surface area contributed by atoms with Crippen LogP contribution in [0.2, 0.25) is 0 Å². The van der Waals surface area contributed by atoms with Crippen LogP contribution in [0.25, 0.3) is 6.08 Å². The smallest absolute Gasteiger partial charge is 0.319 e. The molecule has 2 heterocycles. The number of carbonyl (C=O) groups excluding carboxylic acids is 2. The molecule has 0 aliphatic carbocycles. The fourth-order valence-electron chi connectivity index (χ4n) is 1.87. The van der Waals surface area contributed by atoms with E-state index >= 15 is 0 Å². The van der Waals surface area contributed by atoms with Gasteiger partial charge in [-0.1, -0.05) is 12.1 Å². The number of rotatable bonds is 3. The summed E-state index contributed by atoms with van der Waals surface area (Å²) in [5.74, 6) is -1.48. The first-order valence-electron chi connectivity index (χ1n) is 5.66. The van der Waals surface area contributed by atoms with Crippen molar-refractivity contribution in [1.29, 1.82) is 0 Å². The van der Waals surface area contributed by atoms with Crippen molar-refractivity contribution in [2.45, 2.75) is 12.5 Å². The summed E-state index contributed by atoms with van der Waals surface area (Å²) < 4.78 is 10.1. The van der Waals surface area contributed by atoms with Crippen LogP contribution in [0.4, 0.5) is 0 Å². The summed E-state index contributed by atoms with van der Waals surface area (Å²) in [5.41, 5.74) is 0. The van der Waals surface area contributed by atoms with Crippen LogP contribution in [0.5, 0.6) is 0 Å². The van der Waals surface area contributed by atoms with Gasteiger partial charge in [-0.25, -0.2) is 0 Å². The zero-order valence-corrected chi connectivity index (χ0v) is 10.8. The molecule has 0 saturated carbocycles. The molecule has 0 bridgehead atoms. The second-order valence-corrected chi connectivity index (χ2v) is 4.91. The molecule has 96 valence electrons. The topological polar surface area (TPSA) is 52.6 Å². The second-order valence-electron chi connectivity index (χ2n) is 3.93. The van der Waals surface area contributed by atoms with Crippen molar-refractivity contribution in [1.82, 2.24) is 0 Å². The monoisotopic (exact) mass is 266 g/mol. The minimum atomic E-state index is -0.833. The molecule has 2 atom stereocenters. The highest BCUT2D eigenvalue weighted by molar-refractivity contribution is 7.10. The third kappa shape index (κ3) is 2.86. The van der Waals surface area contributed by atoms with Crippen molar-refractivity contribution in [3.05, 3.63) is 28.5 Å². The quantitative estimate of drug-likeness (QED) is 0.619. The zero-order valence-electron chi connectivity index (χ0n) is 10.00. The Morgan fingerprint density at radius 2 is 2.44 bits per heavy atom. The molecule has 0 spiro atoms. The van der Waals surface area contributed by atoms with E-state index in [1.165, 1.54) is 7.11 Å². The Bertz CT molecular complexity index is 442. The maximum absolute atomic E-state index is 11.8. The van der Waals surface area contributed by atoms with Crippen LogP contribution < -0.4 is 0 Å². The Balaban J connectivity index is 2.13. The molecule has 1 aliphatic rings. The molecule has 1 saturated heterocycles. The average molecular weight is 266 g/mol. The number of ether oxygens (including phenoxy) is 2. The van der Waals surface area contributed by atoms with Crippen LogP contribution in [-0.2, 0) is 19.1 Å². The molecule has 0 aromatic carbocycles. The molecule has 5 heteroatoms. The van der Waals surface area contributed by atoms with Gasteiger partial charge in [0.25, 0.3) is 0 Å². The first-order chi connectivity index (χ1) is 8.72. The van der Waals surface area contributed by atoms with Crippen molar-refractivity contribution in [2.75, 3.05) is 13.7 Å². The summed E-state index contributed by atoms with van der Waals surface area (Å²) in [6, 6.07) is 3.90. The van der Waals surface area contributed by atoms with Gasteiger partial charge in [-0.2, -0.15) is 0 Å². The van der Waals surface area contributed by atoms with Crippen LogP contribution in [0.3, 0.4) is 0 Å². The number of Topliss-reactive ketones (excluding diaryl/α,β-unsaturated/α-hetero) is 1. The van der Waals surface area contributed by atoms with Gasteiger partial charge in [0.05, 0.1) is 19.8 Å². The van der Waals surface area contributed by atoms with E-state index in [1.807, 2.05) is 23.6 Å². The van der Waals surface area contributed by atoms with Gasteiger partial charge in [-0.15, -0.1) is 11.3 Å². The number of ketones is 1. The standard InChI is InChI=1S/C13H14O4S/c1-16-13(15)12-10(14)6-7-17-11(12)5-4-9-3-2-8-18-9/h2-5,8,11-12H,6-7H2,1H3/b5-4+/t11-,12+/m1/s1. The SMILES string of the molecule is COC(=O)[C@H]1C(=O)CCO[C@@H]1/C=C/c1cccs1. The van der Waals surface area contributed by atoms with Gasteiger partial charge in [0.15, 0.2) is 5.78 Å². The van der Waals surface area contributed by atoms with E-state index in [4.69, 9.17) is 4.74 Å². The van der Waals surface area contributed by atoms with Crippen LogP contribution in [0, 0.1) is 5.92 Å². The summed E-state index contributed by atoms with van der Waals surface area (Å²) in [4.78, 5) is 24.4. The third-order valence-corrected chi connectivity index (χ3v) is 3.62. The van der Waals surface area contributed by atoms with Gasteiger partial charge in [0.2, 0.25) is 0 Å². The molecule has 0 amide bonds. The fraction of sp³-hybridized carbons (Fsp3) is 0.385. The fourth-order valence-corrected chi connectivity index (χ4v) is 2.49. The van der Waals surface area contributed by atoms with E-state index in [0.29, 0.717) is 6.61 Å². The molecule has 0 N–H and O–H groups in total. The van der Waals surface area contributed by atoms with Crippen molar-refractivity contribution < 1.29 is 19.1 Å². The van der Waals surface area contributed by atoms with Crippen molar-refractivity contribution in [3.8, 4) is 0 Å². The van der Waals surface area contributed by atoms with Gasteiger partial charge in [0, 0.05) is 11.3 Å². The highest BCUT2D eigenvalue weighted by Crippen LogP contribution is 2.22. The Morgan fingerprint density at radius 1 is 1.61 bits per heavy atom. The predicted molar refractivity (Wildman–Crippen MR) is 68.2 cm³/mol. The van der Waals surface area contributed by atoms with Crippen molar-refractivity contribution in [2.24, 2.45) is 5.92 Å². The summed E-state index contributed by atoms with van der Waals surface area (Å²) in [5, 5.41) is 1.96. The van der Waals surface area contributed by atoms with Crippen LogP contribution in [0.1, 0.15) is 11.3 Å². The predicted octanol–water partition coefficient (Wildman–Crippen LogP) is 1.91. The lowest BCUT2D eigenvalue weighted by molar-refractivity contribution is -0.158. The van der Waals surface area contributed by atoms with E-state index < -0.39 is 18.0 Å². The highest BCUT2D eigenvalue weighted by Gasteiger charge is 2.37. The Hall–Kier alpha value is -1.46. The van der Waals surface area contributed by atoms with Gasteiger partial charge >= 0.3 is 5.97 Å². The lowest BCUT2D eigenvalue weighted by Crippen LogP contribution is -2.41. The molecule has 1 aromatic rings. The summed E-state index contributed by atoms with van der Waals surface area (Å²) >= 11 is 1.58. The molecule has 1 fully saturated rings. The minimum absolute atomic E-state index is 0.117. The average Bonchev–Trinajstić information content (AvgIpc) is 2.88. The Morgan fingerprint density at radius 3 is 3.11 bits per heavy atom. The Kier molecular flexibility index (Phi) is 4.28. The first kappa shape index (κ1) is 13.0. The minimum Gasteiger partial charge on any atom is -0.468 e. The summed E-state index contributed by atoms with van der Waals surface area (Å²) in [6.07, 6.45) is 3.36. The van der Waals surface area contributed by atoms with E-state index in [-0.39, 0.29) is 12.2 Å². The van der Waals surface area contributed by atoms with Gasteiger partial charge in [-0.05, 0) is 17.5 Å². The molecule has 1 aliphatic heterocycles. The number of hydrogen-bond donors (Lipinski definition) is 0. The maximum atomic E-state index is 11.8. The molecule has 4 nitrogen and oxygen atoms in total. The second kappa shape index (κ2) is 5.93. The van der Waals surface area contributed by atoms with Crippen molar-refractivity contribution >= 4 is 29.2 Å². The molecule has 0 unspecified atom stereocenters. The number of methoxy groups -OCH3 is 1. The molecular formula is C13H14O4S. The first-order valence-corrected chi connectivity index (χ1v) is 6.54. The van der Waals surface area contributed by atoms with E-state index in [2.05, 4.69) is 4.74 Å². The molecule has 2 rings (SSSR count). The number of hydrogen-bond acceptors (Lipinski definition) is 5. The lowest BCUT2D eigenvalue weighted by Gasteiger charge is -2.26. The van der Waals surface area contributed by atoms with Crippen LogP contribution in [-0.4, -0.2) is 31.6 Å².